The molecule has 3 aromatic rings. The molecule has 0 fully saturated rings. The Morgan fingerprint density at radius 1 is 0.955 bits per heavy atom. The van der Waals surface area contributed by atoms with E-state index in [1.807, 2.05) is 45.0 Å². The molecule has 0 saturated heterocycles. The molecular formula is C17H18N2O3. The topological polar surface area (TPSA) is 72.3 Å². The normalized spacial score (nSPS) is 11.1. The van der Waals surface area contributed by atoms with E-state index in [1.54, 1.807) is 0 Å². The van der Waals surface area contributed by atoms with Crippen LogP contribution in [0.4, 0.5) is 0 Å². The highest BCUT2D eigenvalue weighted by molar-refractivity contribution is 5.64. The van der Waals surface area contributed by atoms with Crippen LogP contribution in [0.2, 0.25) is 0 Å². The summed E-state index contributed by atoms with van der Waals surface area (Å²) < 4.78 is 11.4. The zero-order chi connectivity index (χ0) is 15.7. The summed E-state index contributed by atoms with van der Waals surface area (Å²) >= 11 is 0. The molecule has 2 aromatic heterocycles. The van der Waals surface area contributed by atoms with Gasteiger partial charge in [0, 0.05) is 24.2 Å². The first kappa shape index (κ1) is 14.5. The van der Waals surface area contributed by atoms with Crippen molar-refractivity contribution in [3.8, 4) is 22.9 Å². The Hall–Kier alpha value is -2.40. The van der Waals surface area contributed by atoms with Gasteiger partial charge in [0.05, 0.1) is 11.4 Å². The van der Waals surface area contributed by atoms with Crippen LogP contribution in [0.5, 0.6) is 0 Å². The van der Waals surface area contributed by atoms with Crippen LogP contribution in [-0.2, 0) is 6.42 Å². The SMILES string of the molecule is Cc1nc(-c2cccc(-c3nc(CCO)c(C)o3)c2)oc1C. The molecule has 0 aliphatic rings. The molecule has 0 unspecified atom stereocenters. The van der Waals surface area contributed by atoms with E-state index < -0.39 is 0 Å². The van der Waals surface area contributed by atoms with E-state index in [2.05, 4.69) is 9.97 Å². The van der Waals surface area contributed by atoms with Crippen LogP contribution in [0.15, 0.2) is 33.1 Å². The van der Waals surface area contributed by atoms with Gasteiger partial charge in [-0.1, -0.05) is 6.07 Å². The third kappa shape index (κ3) is 2.67. The highest BCUT2D eigenvalue weighted by Crippen LogP contribution is 2.28. The van der Waals surface area contributed by atoms with Gasteiger partial charge >= 0.3 is 0 Å². The molecule has 3 rings (SSSR count). The number of aliphatic hydroxyl groups is 1. The van der Waals surface area contributed by atoms with E-state index in [9.17, 15) is 0 Å². The second kappa shape index (κ2) is 5.77. The fourth-order valence-electron chi connectivity index (χ4n) is 2.27. The van der Waals surface area contributed by atoms with Gasteiger partial charge in [0.15, 0.2) is 0 Å². The summed E-state index contributed by atoms with van der Waals surface area (Å²) in [5.74, 6) is 2.69. The summed E-state index contributed by atoms with van der Waals surface area (Å²) in [6.45, 7) is 5.73. The molecule has 0 atom stereocenters. The summed E-state index contributed by atoms with van der Waals surface area (Å²) in [4.78, 5) is 8.87. The first-order valence-corrected chi connectivity index (χ1v) is 7.20. The van der Waals surface area contributed by atoms with E-state index in [-0.39, 0.29) is 6.61 Å². The number of oxazole rings is 2. The number of hydrogen-bond acceptors (Lipinski definition) is 5. The van der Waals surface area contributed by atoms with Crippen LogP contribution < -0.4 is 0 Å². The van der Waals surface area contributed by atoms with Crippen LogP contribution in [0.25, 0.3) is 22.9 Å². The van der Waals surface area contributed by atoms with Gasteiger partial charge in [-0.05, 0) is 39.0 Å². The van der Waals surface area contributed by atoms with Gasteiger partial charge in [0.2, 0.25) is 11.8 Å². The van der Waals surface area contributed by atoms with E-state index in [1.165, 1.54) is 0 Å². The molecular weight excluding hydrogens is 280 g/mol. The van der Waals surface area contributed by atoms with Crippen molar-refractivity contribution < 1.29 is 13.9 Å². The van der Waals surface area contributed by atoms with Crippen molar-refractivity contribution in [2.24, 2.45) is 0 Å². The molecule has 114 valence electrons. The Morgan fingerprint density at radius 2 is 1.59 bits per heavy atom. The van der Waals surface area contributed by atoms with Gasteiger partial charge in [0.25, 0.3) is 0 Å². The van der Waals surface area contributed by atoms with Gasteiger partial charge in [0.1, 0.15) is 11.5 Å². The minimum Gasteiger partial charge on any atom is -0.441 e. The molecule has 0 amide bonds. The second-order valence-corrected chi connectivity index (χ2v) is 5.24. The average Bonchev–Trinajstić information content (AvgIpc) is 3.04. The summed E-state index contributed by atoms with van der Waals surface area (Å²) in [5.41, 5.74) is 3.41. The maximum absolute atomic E-state index is 9.04. The molecule has 0 bridgehead atoms. The lowest BCUT2D eigenvalue weighted by molar-refractivity contribution is 0.297. The Kier molecular flexibility index (Phi) is 3.81. The zero-order valence-electron chi connectivity index (χ0n) is 12.9. The molecule has 1 aromatic carbocycles. The molecule has 0 aliphatic carbocycles. The lowest BCUT2D eigenvalue weighted by Gasteiger charge is -1.99. The van der Waals surface area contributed by atoms with Crippen molar-refractivity contribution in [1.29, 1.82) is 0 Å². The highest BCUT2D eigenvalue weighted by atomic mass is 16.4. The molecule has 0 spiro atoms. The van der Waals surface area contributed by atoms with E-state index in [4.69, 9.17) is 13.9 Å². The Labute approximate surface area is 128 Å². The number of aromatic nitrogens is 2. The van der Waals surface area contributed by atoms with E-state index in [0.717, 1.165) is 34.0 Å². The smallest absolute Gasteiger partial charge is 0.226 e. The van der Waals surface area contributed by atoms with Crippen molar-refractivity contribution in [2.75, 3.05) is 6.61 Å². The predicted molar refractivity (Wildman–Crippen MR) is 82.4 cm³/mol. The first-order chi connectivity index (χ1) is 10.6. The second-order valence-electron chi connectivity index (χ2n) is 5.24. The van der Waals surface area contributed by atoms with Crippen LogP contribution in [-0.4, -0.2) is 21.7 Å². The van der Waals surface area contributed by atoms with Crippen molar-refractivity contribution in [1.82, 2.24) is 9.97 Å². The Morgan fingerprint density at radius 3 is 2.18 bits per heavy atom. The fraction of sp³-hybridized carbons (Fsp3) is 0.294. The summed E-state index contributed by atoms with van der Waals surface area (Å²) in [6, 6.07) is 7.74. The van der Waals surface area contributed by atoms with Crippen LogP contribution in [0.3, 0.4) is 0 Å². The van der Waals surface area contributed by atoms with Gasteiger partial charge in [-0.2, -0.15) is 0 Å². The van der Waals surface area contributed by atoms with Crippen LogP contribution >= 0.6 is 0 Å². The number of benzene rings is 1. The third-order valence-electron chi connectivity index (χ3n) is 3.63. The molecule has 1 N–H and O–H groups in total. The molecule has 2 heterocycles. The van der Waals surface area contributed by atoms with Crippen molar-refractivity contribution in [3.05, 3.63) is 47.2 Å². The molecule has 0 radical (unpaired) electrons. The van der Waals surface area contributed by atoms with E-state index >= 15 is 0 Å². The molecule has 5 heteroatoms. The maximum atomic E-state index is 9.04. The third-order valence-corrected chi connectivity index (χ3v) is 3.63. The van der Waals surface area contributed by atoms with E-state index in [0.29, 0.717) is 18.2 Å². The standard InChI is InChI=1S/C17H18N2O3/c1-10-11(2)21-16(18-10)13-5-4-6-14(9-13)17-19-15(7-8-20)12(3)22-17/h4-6,9,20H,7-8H2,1-3H3. The van der Waals surface area contributed by atoms with Crippen LogP contribution in [0, 0.1) is 20.8 Å². The van der Waals surface area contributed by atoms with Gasteiger partial charge < -0.3 is 13.9 Å². The van der Waals surface area contributed by atoms with Gasteiger partial charge in [-0.15, -0.1) is 0 Å². The maximum Gasteiger partial charge on any atom is 0.226 e. The molecule has 0 saturated carbocycles. The zero-order valence-corrected chi connectivity index (χ0v) is 12.9. The number of aryl methyl sites for hydroxylation is 3. The largest absolute Gasteiger partial charge is 0.441 e. The Bertz CT molecular complexity index is 783. The van der Waals surface area contributed by atoms with Crippen molar-refractivity contribution in [3.63, 3.8) is 0 Å². The number of hydrogen-bond donors (Lipinski definition) is 1. The highest BCUT2D eigenvalue weighted by Gasteiger charge is 2.13. The molecule has 22 heavy (non-hydrogen) atoms. The lowest BCUT2D eigenvalue weighted by atomic mass is 10.1. The lowest BCUT2D eigenvalue weighted by Crippen LogP contribution is -1.92. The van der Waals surface area contributed by atoms with Crippen molar-refractivity contribution >= 4 is 0 Å². The number of nitrogens with zero attached hydrogens (tertiary/aromatic N) is 2. The quantitative estimate of drug-likeness (QED) is 0.798. The molecule has 5 nitrogen and oxygen atoms in total. The fourth-order valence-corrected chi connectivity index (χ4v) is 2.27. The summed E-state index contributed by atoms with van der Waals surface area (Å²) in [7, 11) is 0. The van der Waals surface area contributed by atoms with Crippen molar-refractivity contribution in [2.45, 2.75) is 27.2 Å². The number of aliphatic hydroxyl groups excluding tert-OH is 1. The van der Waals surface area contributed by atoms with Gasteiger partial charge in [-0.3, -0.25) is 0 Å². The van der Waals surface area contributed by atoms with Gasteiger partial charge in [-0.25, -0.2) is 9.97 Å². The minimum atomic E-state index is 0.0573. The Balaban J connectivity index is 1.99. The first-order valence-electron chi connectivity index (χ1n) is 7.20. The average molecular weight is 298 g/mol. The molecule has 0 aliphatic heterocycles. The number of rotatable bonds is 4. The minimum absolute atomic E-state index is 0.0573. The predicted octanol–water partition coefficient (Wildman–Crippen LogP) is 3.46. The van der Waals surface area contributed by atoms with Crippen LogP contribution in [0.1, 0.15) is 22.9 Å². The summed E-state index contributed by atoms with van der Waals surface area (Å²) in [6.07, 6.45) is 0.493. The monoisotopic (exact) mass is 298 g/mol. The summed E-state index contributed by atoms with van der Waals surface area (Å²) in [5, 5.41) is 9.04.